The number of H-pyrrole nitrogens is 1. The lowest BCUT2D eigenvalue weighted by molar-refractivity contribution is 0.0525. The molecule has 3 heterocycles. The van der Waals surface area contributed by atoms with Crippen LogP contribution in [0.15, 0.2) is 18.2 Å². The number of carbonyl (C=O) groups excluding carboxylic acids is 2. The largest absolute Gasteiger partial charge is 0.462 e. The Balaban J connectivity index is 1.62. The van der Waals surface area contributed by atoms with E-state index in [1.807, 2.05) is 4.57 Å². The van der Waals surface area contributed by atoms with E-state index in [1.165, 1.54) is 12.1 Å². The molecular weight excluding hydrogens is 413 g/mol. The number of amides is 1. The van der Waals surface area contributed by atoms with Gasteiger partial charge in [-0.1, -0.05) is 6.42 Å². The van der Waals surface area contributed by atoms with Crippen molar-refractivity contribution < 1.29 is 18.7 Å². The fourth-order valence-corrected chi connectivity index (χ4v) is 4.14. The van der Waals surface area contributed by atoms with Crippen LogP contribution in [0.4, 0.5) is 10.1 Å². The van der Waals surface area contributed by atoms with Crippen LogP contribution < -0.4 is 5.32 Å². The van der Waals surface area contributed by atoms with Crippen LogP contribution in [-0.4, -0.2) is 38.2 Å². The summed E-state index contributed by atoms with van der Waals surface area (Å²) >= 11 is 0. The average Bonchev–Trinajstić information content (AvgIpc) is 3.19. The molecule has 0 saturated heterocycles. The van der Waals surface area contributed by atoms with E-state index in [1.54, 1.807) is 26.8 Å². The summed E-state index contributed by atoms with van der Waals surface area (Å²) < 4.78 is 21.7. The third kappa shape index (κ3) is 4.02. The van der Waals surface area contributed by atoms with Crippen molar-refractivity contribution >= 4 is 17.6 Å². The van der Waals surface area contributed by atoms with Gasteiger partial charge in [0.15, 0.2) is 5.82 Å². The SMILES string of the molecule is CCOC(=O)c1c(C)[nH]c(C(=O)Nc2ccc(F)c(-c3nnc4n3CCCCC4)c2)c1C. The monoisotopic (exact) mass is 439 g/mol. The quantitative estimate of drug-likeness (QED) is 0.581. The number of anilines is 1. The second kappa shape index (κ2) is 8.94. The van der Waals surface area contributed by atoms with E-state index in [0.29, 0.717) is 28.3 Å². The molecule has 4 rings (SSSR count). The molecule has 0 spiro atoms. The maximum absolute atomic E-state index is 14.7. The van der Waals surface area contributed by atoms with E-state index in [0.717, 1.165) is 38.1 Å². The van der Waals surface area contributed by atoms with Crippen LogP contribution in [-0.2, 0) is 17.7 Å². The normalized spacial score (nSPS) is 13.4. The molecule has 1 amide bonds. The Morgan fingerprint density at radius 2 is 2.03 bits per heavy atom. The van der Waals surface area contributed by atoms with Crippen LogP contribution >= 0.6 is 0 Å². The molecule has 2 N–H and O–H groups in total. The molecule has 3 aromatic rings. The Labute approximate surface area is 185 Å². The highest BCUT2D eigenvalue weighted by molar-refractivity contribution is 6.07. The molecule has 0 aliphatic carbocycles. The van der Waals surface area contributed by atoms with Crippen molar-refractivity contribution in [1.29, 1.82) is 0 Å². The Hall–Kier alpha value is -3.49. The molecule has 1 aliphatic heterocycles. The number of fused-ring (bicyclic) bond motifs is 1. The summed E-state index contributed by atoms with van der Waals surface area (Å²) in [6, 6.07) is 4.36. The maximum atomic E-state index is 14.7. The van der Waals surface area contributed by atoms with Crippen molar-refractivity contribution in [1.82, 2.24) is 19.7 Å². The van der Waals surface area contributed by atoms with E-state index in [-0.39, 0.29) is 17.9 Å². The van der Waals surface area contributed by atoms with Crippen LogP contribution in [0.3, 0.4) is 0 Å². The number of nitrogens with one attached hydrogen (secondary N) is 2. The molecule has 32 heavy (non-hydrogen) atoms. The first-order chi connectivity index (χ1) is 15.4. The van der Waals surface area contributed by atoms with E-state index in [2.05, 4.69) is 20.5 Å². The number of hydrogen-bond acceptors (Lipinski definition) is 5. The first-order valence-electron chi connectivity index (χ1n) is 10.8. The van der Waals surface area contributed by atoms with Crippen LogP contribution in [0, 0.1) is 19.7 Å². The maximum Gasteiger partial charge on any atom is 0.340 e. The highest BCUT2D eigenvalue weighted by Gasteiger charge is 2.24. The number of hydrogen-bond donors (Lipinski definition) is 2. The molecule has 0 radical (unpaired) electrons. The Bertz CT molecular complexity index is 1180. The van der Waals surface area contributed by atoms with Gasteiger partial charge in [0.05, 0.1) is 17.7 Å². The third-order valence-electron chi connectivity index (χ3n) is 5.72. The van der Waals surface area contributed by atoms with Crippen molar-refractivity contribution in [2.45, 2.75) is 53.0 Å². The van der Waals surface area contributed by atoms with Gasteiger partial charge in [0.25, 0.3) is 5.91 Å². The van der Waals surface area contributed by atoms with Crippen molar-refractivity contribution in [3.05, 3.63) is 52.4 Å². The number of halogens is 1. The Morgan fingerprint density at radius 1 is 1.22 bits per heavy atom. The lowest BCUT2D eigenvalue weighted by atomic mass is 10.1. The smallest absolute Gasteiger partial charge is 0.340 e. The lowest BCUT2D eigenvalue weighted by Crippen LogP contribution is -2.14. The molecule has 0 bridgehead atoms. The summed E-state index contributed by atoms with van der Waals surface area (Å²) in [6.45, 7) is 6.11. The minimum Gasteiger partial charge on any atom is -0.462 e. The average molecular weight is 439 g/mol. The predicted molar refractivity (Wildman–Crippen MR) is 117 cm³/mol. The molecule has 9 heteroatoms. The van der Waals surface area contributed by atoms with Gasteiger partial charge in [-0.3, -0.25) is 4.79 Å². The Morgan fingerprint density at radius 3 is 2.81 bits per heavy atom. The van der Waals surface area contributed by atoms with Crippen LogP contribution in [0.1, 0.15) is 64.1 Å². The zero-order chi connectivity index (χ0) is 22.8. The molecule has 2 aromatic heterocycles. The summed E-state index contributed by atoms with van der Waals surface area (Å²) in [5, 5.41) is 11.2. The first kappa shape index (κ1) is 21.7. The molecule has 0 atom stereocenters. The van der Waals surface area contributed by atoms with Crippen molar-refractivity contribution in [2.75, 3.05) is 11.9 Å². The van der Waals surface area contributed by atoms with Gasteiger partial charge in [0, 0.05) is 24.3 Å². The fraction of sp³-hybridized carbons (Fsp3) is 0.391. The topological polar surface area (TPSA) is 102 Å². The number of ether oxygens (including phenoxy) is 1. The van der Waals surface area contributed by atoms with E-state index in [4.69, 9.17) is 4.74 Å². The number of aromatic nitrogens is 4. The molecule has 1 aromatic carbocycles. The summed E-state index contributed by atoms with van der Waals surface area (Å²) in [5.74, 6) is -0.0191. The van der Waals surface area contributed by atoms with Crippen molar-refractivity contribution in [3.63, 3.8) is 0 Å². The first-order valence-corrected chi connectivity index (χ1v) is 10.8. The number of rotatable bonds is 5. The minimum absolute atomic E-state index is 0.245. The van der Waals surface area contributed by atoms with Gasteiger partial charge in [-0.05, 0) is 57.4 Å². The standard InChI is InChI=1S/C23H26FN5O3/c1-4-32-23(31)19-13(2)20(25-14(19)3)22(30)26-15-9-10-17(24)16(12-15)21-28-27-18-8-6-5-7-11-29(18)21/h9-10,12,25H,4-8,11H2,1-3H3,(H,26,30). The van der Waals surface area contributed by atoms with Crippen molar-refractivity contribution in [3.8, 4) is 11.4 Å². The number of aromatic amines is 1. The van der Waals surface area contributed by atoms with Gasteiger partial charge in [-0.15, -0.1) is 10.2 Å². The lowest BCUT2D eigenvalue weighted by Gasteiger charge is -2.10. The van der Waals surface area contributed by atoms with Gasteiger partial charge in [-0.2, -0.15) is 0 Å². The summed E-state index contributed by atoms with van der Waals surface area (Å²) in [7, 11) is 0. The molecular formula is C23H26FN5O3. The van der Waals surface area contributed by atoms with Gasteiger partial charge in [-0.25, -0.2) is 9.18 Å². The second-order valence-corrected chi connectivity index (χ2v) is 7.90. The Kier molecular flexibility index (Phi) is 6.07. The number of carbonyl (C=O) groups is 2. The van der Waals surface area contributed by atoms with Gasteiger partial charge < -0.3 is 19.6 Å². The minimum atomic E-state index is -0.477. The highest BCUT2D eigenvalue weighted by Crippen LogP contribution is 2.28. The summed E-state index contributed by atoms with van der Waals surface area (Å²) in [6.07, 6.45) is 3.95. The van der Waals surface area contributed by atoms with E-state index >= 15 is 0 Å². The van der Waals surface area contributed by atoms with E-state index < -0.39 is 17.7 Å². The number of esters is 1. The zero-order valence-electron chi connectivity index (χ0n) is 18.4. The van der Waals surface area contributed by atoms with Crippen molar-refractivity contribution in [2.24, 2.45) is 0 Å². The molecule has 0 saturated carbocycles. The fourth-order valence-electron chi connectivity index (χ4n) is 4.14. The predicted octanol–water partition coefficient (Wildman–Crippen LogP) is 4.18. The van der Waals surface area contributed by atoms with Gasteiger partial charge >= 0.3 is 5.97 Å². The summed E-state index contributed by atoms with van der Waals surface area (Å²) in [4.78, 5) is 28.1. The second-order valence-electron chi connectivity index (χ2n) is 7.90. The highest BCUT2D eigenvalue weighted by atomic mass is 19.1. The van der Waals surface area contributed by atoms with Gasteiger partial charge in [0.1, 0.15) is 17.3 Å². The third-order valence-corrected chi connectivity index (χ3v) is 5.72. The number of nitrogens with zero attached hydrogens (tertiary/aromatic N) is 3. The molecule has 0 fully saturated rings. The van der Waals surface area contributed by atoms with Gasteiger partial charge in [0.2, 0.25) is 0 Å². The number of benzene rings is 1. The molecule has 0 unspecified atom stereocenters. The number of aryl methyl sites for hydroxylation is 2. The molecule has 8 nitrogen and oxygen atoms in total. The van der Waals surface area contributed by atoms with Crippen LogP contribution in [0.5, 0.6) is 0 Å². The van der Waals surface area contributed by atoms with E-state index in [9.17, 15) is 14.0 Å². The zero-order valence-corrected chi connectivity index (χ0v) is 18.4. The molecule has 1 aliphatic rings. The van der Waals surface area contributed by atoms with Crippen LogP contribution in [0.2, 0.25) is 0 Å². The summed E-state index contributed by atoms with van der Waals surface area (Å²) in [5.41, 5.74) is 2.37. The molecule has 168 valence electrons. The van der Waals surface area contributed by atoms with Crippen LogP contribution in [0.25, 0.3) is 11.4 Å².